The molecule has 1 aromatic carbocycles. The molecular weight excluding hydrogens is 452 g/mol. The van der Waals surface area contributed by atoms with Crippen molar-refractivity contribution in [2.75, 3.05) is 47.1 Å². The third kappa shape index (κ3) is 8.13. The maximum Gasteiger partial charge on any atom is 0.410 e. The molecule has 9 nitrogen and oxygen atoms in total. The van der Waals surface area contributed by atoms with E-state index in [2.05, 4.69) is 0 Å². The lowest BCUT2D eigenvalue weighted by atomic mass is 9.96. The van der Waals surface area contributed by atoms with Crippen molar-refractivity contribution in [2.45, 2.75) is 52.7 Å². The Hall–Kier alpha value is -2.81. The maximum atomic E-state index is 13.5. The van der Waals surface area contributed by atoms with Gasteiger partial charge in [-0.1, -0.05) is 0 Å². The van der Waals surface area contributed by atoms with E-state index in [0.717, 1.165) is 6.29 Å². The van der Waals surface area contributed by atoms with Crippen molar-refractivity contribution >= 4 is 18.3 Å². The summed E-state index contributed by atoms with van der Waals surface area (Å²) in [5, 5.41) is 0. The van der Waals surface area contributed by atoms with Crippen LogP contribution in [0.25, 0.3) is 0 Å². The molecule has 0 N–H and O–H groups in total. The van der Waals surface area contributed by atoms with Gasteiger partial charge in [-0.05, 0) is 52.8 Å². The van der Waals surface area contributed by atoms with Crippen LogP contribution in [-0.4, -0.2) is 86.8 Å². The molecule has 196 valence electrons. The highest BCUT2D eigenvalue weighted by Crippen LogP contribution is 2.30. The van der Waals surface area contributed by atoms with E-state index >= 15 is 0 Å². The van der Waals surface area contributed by atoms with Crippen molar-refractivity contribution in [1.29, 1.82) is 0 Å². The number of benzene rings is 1. The monoisotopic (exact) mass is 492 g/mol. The molecule has 0 radical (unpaired) electrons. The molecule has 1 saturated heterocycles. The van der Waals surface area contributed by atoms with Crippen LogP contribution in [0.15, 0.2) is 18.2 Å². The van der Waals surface area contributed by atoms with Crippen molar-refractivity contribution < 1.29 is 33.3 Å². The van der Waals surface area contributed by atoms with E-state index < -0.39 is 11.7 Å². The van der Waals surface area contributed by atoms with E-state index in [4.69, 9.17) is 18.9 Å². The van der Waals surface area contributed by atoms with Crippen LogP contribution in [0.4, 0.5) is 4.79 Å². The zero-order chi connectivity index (χ0) is 26.2. The Morgan fingerprint density at radius 1 is 1.14 bits per heavy atom. The first kappa shape index (κ1) is 28.4. The lowest BCUT2D eigenvalue weighted by Crippen LogP contribution is -2.42. The Morgan fingerprint density at radius 3 is 2.43 bits per heavy atom. The minimum Gasteiger partial charge on any atom is -0.493 e. The number of hydrogen-bond acceptors (Lipinski definition) is 7. The quantitative estimate of drug-likeness (QED) is 0.344. The summed E-state index contributed by atoms with van der Waals surface area (Å²) in [5.41, 5.74) is -0.158. The fourth-order valence-electron chi connectivity index (χ4n) is 3.97. The summed E-state index contributed by atoms with van der Waals surface area (Å²) in [4.78, 5) is 41.1. The van der Waals surface area contributed by atoms with E-state index in [9.17, 15) is 14.4 Å². The summed E-state index contributed by atoms with van der Waals surface area (Å²) < 4.78 is 21.7. The molecule has 0 aromatic heterocycles. The Bertz CT molecular complexity index is 866. The number of hydrogen-bond donors (Lipinski definition) is 0. The van der Waals surface area contributed by atoms with Crippen molar-refractivity contribution in [2.24, 2.45) is 11.8 Å². The molecular formula is C26H40N2O7. The molecule has 2 unspecified atom stereocenters. The summed E-state index contributed by atoms with van der Waals surface area (Å²) in [7, 11) is 3.18. The molecule has 0 spiro atoms. The smallest absolute Gasteiger partial charge is 0.410 e. The molecule has 2 atom stereocenters. The number of likely N-dealkylation sites (tertiary alicyclic amines) is 1. The molecule has 0 aliphatic carbocycles. The van der Waals surface area contributed by atoms with Crippen LogP contribution in [0.5, 0.6) is 11.5 Å². The summed E-state index contributed by atoms with van der Waals surface area (Å²) in [6, 6.07) is 4.99. The van der Waals surface area contributed by atoms with Crippen LogP contribution < -0.4 is 9.47 Å². The van der Waals surface area contributed by atoms with E-state index in [0.29, 0.717) is 49.8 Å². The summed E-state index contributed by atoms with van der Waals surface area (Å²) in [6.07, 6.45) is 1.13. The first-order valence-corrected chi connectivity index (χ1v) is 12.0. The number of nitrogens with zero attached hydrogens (tertiary/aromatic N) is 2. The lowest BCUT2D eigenvalue weighted by molar-refractivity contribution is -0.111. The van der Waals surface area contributed by atoms with Gasteiger partial charge in [0.2, 0.25) is 0 Å². The largest absolute Gasteiger partial charge is 0.493 e. The minimum absolute atomic E-state index is 0.112. The van der Waals surface area contributed by atoms with Gasteiger partial charge in [-0.2, -0.15) is 0 Å². The predicted molar refractivity (Wildman–Crippen MR) is 132 cm³/mol. The Morgan fingerprint density at radius 2 is 1.86 bits per heavy atom. The molecule has 2 amide bonds. The Labute approximate surface area is 208 Å². The second-order valence-electron chi connectivity index (χ2n) is 10.1. The van der Waals surface area contributed by atoms with E-state index in [1.807, 2.05) is 13.8 Å². The number of methoxy groups -OCH3 is 2. The molecule has 1 heterocycles. The Balaban J connectivity index is 2.17. The van der Waals surface area contributed by atoms with Crippen LogP contribution >= 0.6 is 0 Å². The van der Waals surface area contributed by atoms with E-state index in [-0.39, 0.29) is 30.3 Å². The third-order valence-electron chi connectivity index (χ3n) is 5.79. The van der Waals surface area contributed by atoms with E-state index in [1.54, 1.807) is 63.0 Å². The zero-order valence-corrected chi connectivity index (χ0v) is 22.0. The average Bonchev–Trinajstić information content (AvgIpc) is 3.21. The van der Waals surface area contributed by atoms with Gasteiger partial charge >= 0.3 is 6.09 Å². The molecule has 1 aliphatic heterocycles. The second-order valence-corrected chi connectivity index (χ2v) is 10.1. The number of carbonyl (C=O) groups excluding carboxylic acids is 3. The molecule has 9 heteroatoms. The van der Waals surface area contributed by atoms with Crippen molar-refractivity contribution in [1.82, 2.24) is 9.80 Å². The predicted octanol–water partition coefficient (Wildman–Crippen LogP) is 3.64. The molecule has 1 aromatic rings. The number of ether oxygens (including phenoxy) is 4. The van der Waals surface area contributed by atoms with Crippen LogP contribution in [0, 0.1) is 11.8 Å². The molecule has 35 heavy (non-hydrogen) atoms. The van der Waals surface area contributed by atoms with Crippen LogP contribution in [0.1, 0.15) is 51.4 Å². The molecule has 2 rings (SSSR count). The van der Waals surface area contributed by atoms with Gasteiger partial charge < -0.3 is 33.5 Å². The second kappa shape index (κ2) is 12.8. The normalized spacial score (nSPS) is 17.9. The number of rotatable bonds is 11. The first-order chi connectivity index (χ1) is 16.5. The number of amides is 2. The average molecular weight is 493 g/mol. The molecule has 1 fully saturated rings. The highest BCUT2D eigenvalue weighted by Gasteiger charge is 2.39. The summed E-state index contributed by atoms with van der Waals surface area (Å²) >= 11 is 0. The molecule has 0 bridgehead atoms. The van der Waals surface area contributed by atoms with Crippen LogP contribution in [0.3, 0.4) is 0 Å². The fourth-order valence-corrected chi connectivity index (χ4v) is 3.97. The summed E-state index contributed by atoms with van der Waals surface area (Å²) in [5.74, 6) is 0.298. The van der Waals surface area contributed by atoms with Crippen LogP contribution in [-0.2, 0) is 14.3 Å². The SMILES string of the molecule is COCCCOc1cc(C(=O)N(CC2CN(C(=O)OC(C)(C)C)CC2C=O)C(C)C)ccc1OC. The zero-order valence-electron chi connectivity index (χ0n) is 22.0. The standard InChI is InChI=1S/C26H40N2O7/c1-18(2)28(16-20-14-27(15-21(20)17-29)25(31)35-26(3,4)5)24(30)19-9-10-22(33-7)23(13-19)34-12-8-11-32-6/h9-10,13,17-18,20-21H,8,11-12,14-16H2,1-7H3. The minimum atomic E-state index is -0.622. The van der Waals surface area contributed by atoms with Crippen LogP contribution in [0.2, 0.25) is 0 Å². The van der Waals surface area contributed by atoms with Gasteiger partial charge in [-0.25, -0.2) is 4.79 Å². The summed E-state index contributed by atoms with van der Waals surface area (Å²) in [6.45, 7) is 11.3. The van der Waals surface area contributed by atoms with Gasteiger partial charge in [-0.15, -0.1) is 0 Å². The van der Waals surface area contributed by atoms with Gasteiger partial charge in [0.1, 0.15) is 11.9 Å². The number of aldehydes is 1. The van der Waals surface area contributed by atoms with Gasteiger partial charge in [-0.3, -0.25) is 4.79 Å². The van der Waals surface area contributed by atoms with E-state index in [1.165, 1.54) is 0 Å². The van der Waals surface area contributed by atoms with Gasteiger partial charge in [0, 0.05) is 63.2 Å². The van der Waals surface area contributed by atoms with Gasteiger partial charge in [0.15, 0.2) is 11.5 Å². The van der Waals surface area contributed by atoms with Gasteiger partial charge in [0.25, 0.3) is 5.91 Å². The maximum absolute atomic E-state index is 13.5. The highest BCUT2D eigenvalue weighted by atomic mass is 16.6. The molecule has 0 saturated carbocycles. The third-order valence-corrected chi connectivity index (χ3v) is 5.79. The highest BCUT2D eigenvalue weighted by molar-refractivity contribution is 5.95. The van der Waals surface area contributed by atoms with Gasteiger partial charge in [0.05, 0.1) is 13.7 Å². The lowest BCUT2D eigenvalue weighted by Gasteiger charge is -2.31. The topological polar surface area (TPSA) is 94.6 Å². The molecule has 1 aliphatic rings. The van der Waals surface area contributed by atoms with Crippen molar-refractivity contribution in [3.8, 4) is 11.5 Å². The van der Waals surface area contributed by atoms with Crippen molar-refractivity contribution in [3.63, 3.8) is 0 Å². The first-order valence-electron chi connectivity index (χ1n) is 12.0. The fraction of sp³-hybridized carbons (Fsp3) is 0.654. The number of carbonyl (C=O) groups is 3. The van der Waals surface area contributed by atoms with Crippen molar-refractivity contribution in [3.05, 3.63) is 23.8 Å². The Kier molecular flexibility index (Phi) is 10.4.